The predicted octanol–water partition coefficient (Wildman–Crippen LogP) is -0.342. The molecule has 0 radical (unpaired) electrons. The molecule has 1 saturated heterocycles. The molecule has 1 heterocycles. The molecule has 0 aliphatic carbocycles. The number of hydrogen-bond acceptors (Lipinski definition) is 5. The number of ether oxygens (including phenoxy) is 1. The van der Waals surface area contributed by atoms with Crippen LogP contribution in [0.15, 0.2) is 0 Å². The SMILES string of the molecule is CCN1CCC(CNS(=O)(=O)N(C)CCC(=O)OC)C1. The molecular weight excluding hydrogens is 282 g/mol. The van der Waals surface area contributed by atoms with Crippen LogP contribution in [0, 0.1) is 5.92 Å². The van der Waals surface area contributed by atoms with E-state index >= 15 is 0 Å². The molecule has 0 spiro atoms. The van der Waals surface area contributed by atoms with Crippen LogP contribution in [-0.2, 0) is 19.7 Å². The van der Waals surface area contributed by atoms with E-state index in [0.29, 0.717) is 12.5 Å². The molecule has 1 rings (SSSR count). The van der Waals surface area contributed by atoms with E-state index in [2.05, 4.69) is 21.3 Å². The molecule has 1 aliphatic heterocycles. The van der Waals surface area contributed by atoms with Crippen LogP contribution in [0.25, 0.3) is 0 Å². The number of carbonyl (C=O) groups excluding carboxylic acids is 1. The van der Waals surface area contributed by atoms with Gasteiger partial charge in [0.2, 0.25) is 0 Å². The zero-order valence-corrected chi connectivity index (χ0v) is 13.3. The Kier molecular flexibility index (Phi) is 6.87. The van der Waals surface area contributed by atoms with E-state index in [9.17, 15) is 13.2 Å². The van der Waals surface area contributed by atoms with Crippen LogP contribution in [0.1, 0.15) is 19.8 Å². The van der Waals surface area contributed by atoms with Gasteiger partial charge in [0.15, 0.2) is 0 Å². The molecule has 0 bridgehead atoms. The number of hydrogen-bond donors (Lipinski definition) is 1. The highest BCUT2D eigenvalue weighted by Crippen LogP contribution is 2.15. The molecule has 1 fully saturated rings. The van der Waals surface area contributed by atoms with Crippen molar-refractivity contribution in [2.45, 2.75) is 19.8 Å². The van der Waals surface area contributed by atoms with Crippen LogP contribution in [0.3, 0.4) is 0 Å². The highest BCUT2D eigenvalue weighted by Gasteiger charge is 2.24. The molecule has 20 heavy (non-hydrogen) atoms. The lowest BCUT2D eigenvalue weighted by Gasteiger charge is -2.19. The van der Waals surface area contributed by atoms with Gasteiger partial charge in [0, 0.05) is 26.7 Å². The first-order valence-electron chi connectivity index (χ1n) is 6.89. The Labute approximate surface area is 121 Å². The largest absolute Gasteiger partial charge is 0.469 e. The zero-order valence-electron chi connectivity index (χ0n) is 12.5. The summed E-state index contributed by atoms with van der Waals surface area (Å²) in [5, 5.41) is 0. The molecule has 0 saturated carbocycles. The summed E-state index contributed by atoms with van der Waals surface area (Å²) in [5.41, 5.74) is 0. The zero-order chi connectivity index (χ0) is 15.2. The Morgan fingerprint density at radius 3 is 2.75 bits per heavy atom. The molecule has 0 aromatic heterocycles. The standard InChI is InChI=1S/C12H25N3O4S/c1-4-15-8-5-11(10-15)9-13-20(17,18)14(2)7-6-12(16)19-3/h11,13H,4-10H2,1-3H3. The van der Waals surface area contributed by atoms with E-state index in [-0.39, 0.29) is 13.0 Å². The van der Waals surface area contributed by atoms with Crippen LogP contribution in [0.4, 0.5) is 0 Å². The number of likely N-dealkylation sites (tertiary alicyclic amines) is 1. The van der Waals surface area contributed by atoms with E-state index in [1.54, 1.807) is 0 Å². The van der Waals surface area contributed by atoms with Crippen molar-refractivity contribution in [2.75, 3.05) is 46.9 Å². The van der Waals surface area contributed by atoms with Crippen molar-refractivity contribution in [3.8, 4) is 0 Å². The van der Waals surface area contributed by atoms with Gasteiger partial charge in [-0.05, 0) is 25.4 Å². The molecule has 118 valence electrons. The Morgan fingerprint density at radius 1 is 1.50 bits per heavy atom. The number of nitrogens with zero attached hydrogens (tertiary/aromatic N) is 2. The van der Waals surface area contributed by atoms with Gasteiger partial charge in [-0.15, -0.1) is 0 Å². The van der Waals surface area contributed by atoms with Crippen molar-refractivity contribution in [2.24, 2.45) is 5.92 Å². The minimum absolute atomic E-state index is 0.0565. The Hall–Kier alpha value is -0.700. The van der Waals surface area contributed by atoms with Gasteiger partial charge in [-0.3, -0.25) is 4.79 Å². The Bertz CT molecular complexity index is 413. The first-order valence-corrected chi connectivity index (χ1v) is 8.33. The molecule has 7 nitrogen and oxygen atoms in total. The van der Waals surface area contributed by atoms with Crippen LogP contribution in [-0.4, -0.2) is 70.5 Å². The van der Waals surface area contributed by atoms with E-state index < -0.39 is 16.2 Å². The van der Waals surface area contributed by atoms with Crippen LogP contribution in [0.5, 0.6) is 0 Å². The summed E-state index contributed by atoms with van der Waals surface area (Å²) < 4.78 is 32.2. The number of rotatable bonds is 8. The maximum absolute atomic E-state index is 12.0. The Balaban J connectivity index is 2.35. The average molecular weight is 307 g/mol. The second kappa shape index (κ2) is 7.92. The molecule has 0 aromatic rings. The third-order valence-corrected chi connectivity index (χ3v) is 5.18. The number of carbonyl (C=O) groups is 1. The average Bonchev–Trinajstić information content (AvgIpc) is 2.90. The molecule has 1 unspecified atom stereocenters. The summed E-state index contributed by atoms with van der Waals surface area (Å²) in [6.45, 7) is 5.64. The second-order valence-electron chi connectivity index (χ2n) is 5.05. The van der Waals surface area contributed by atoms with Crippen molar-refractivity contribution in [1.29, 1.82) is 0 Å². The first kappa shape index (κ1) is 17.4. The quantitative estimate of drug-likeness (QED) is 0.621. The van der Waals surface area contributed by atoms with Gasteiger partial charge in [0.1, 0.15) is 0 Å². The summed E-state index contributed by atoms with van der Waals surface area (Å²) in [6.07, 6.45) is 1.07. The normalized spacial score (nSPS) is 20.5. The van der Waals surface area contributed by atoms with E-state index in [0.717, 1.165) is 30.4 Å². The second-order valence-corrected chi connectivity index (χ2v) is 6.91. The fourth-order valence-corrected chi connectivity index (χ4v) is 3.17. The van der Waals surface area contributed by atoms with Gasteiger partial charge in [-0.25, -0.2) is 4.72 Å². The van der Waals surface area contributed by atoms with Gasteiger partial charge >= 0.3 is 5.97 Å². The van der Waals surface area contributed by atoms with Gasteiger partial charge in [0.05, 0.1) is 13.5 Å². The van der Waals surface area contributed by atoms with Crippen molar-refractivity contribution in [3.63, 3.8) is 0 Å². The predicted molar refractivity (Wildman–Crippen MR) is 76.4 cm³/mol. The number of methoxy groups -OCH3 is 1. The van der Waals surface area contributed by atoms with Crippen molar-refractivity contribution in [1.82, 2.24) is 13.9 Å². The summed E-state index contributed by atoms with van der Waals surface area (Å²) in [6, 6.07) is 0. The van der Waals surface area contributed by atoms with Gasteiger partial charge in [0.25, 0.3) is 10.2 Å². The monoisotopic (exact) mass is 307 g/mol. The third-order valence-electron chi connectivity index (χ3n) is 3.64. The van der Waals surface area contributed by atoms with Crippen molar-refractivity contribution >= 4 is 16.2 Å². The minimum Gasteiger partial charge on any atom is -0.469 e. The summed E-state index contributed by atoms with van der Waals surface area (Å²) in [4.78, 5) is 13.3. The molecule has 1 N–H and O–H groups in total. The minimum atomic E-state index is -3.52. The van der Waals surface area contributed by atoms with Gasteiger partial charge < -0.3 is 9.64 Å². The molecule has 1 aliphatic rings. The summed E-state index contributed by atoms with van der Waals surface area (Å²) in [5.74, 6) is -0.0554. The highest BCUT2D eigenvalue weighted by atomic mass is 32.2. The van der Waals surface area contributed by atoms with Crippen LogP contribution < -0.4 is 4.72 Å². The summed E-state index contributed by atoms with van der Waals surface area (Å²) >= 11 is 0. The molecule has 0 amide bonds. The van der Waals surface area contributed by atoms with E-state index in [4.69, 9.17) is 0 Å². The maximum atomic E-state index is 12.0. The highest BCUT2D eigenvalue weighted by molar-refractivity contribution is 7.87. The molecule has 8 heteroatoms. The van der Waals surface area contributed by atoms with Gasteiger partial charge in [-0.1, -0.05) is 6.92 Å². The van der Waals surface area contributed by atoms with E-state index in [1.807, 2.05) is 0 Å². The lowest BCUT2D eigenvalue weighted by Crippen LogP contribution is -2.41. The van der Waals surface area contributed by atoms with Crippen molar-refractivity contribution < 1.29 is 17.9 Å². The molecule has 1 atom stereocenters. The maximum Gasteiger partial charge on any atom is 0.306 e. The molecular formula is C12H25N3O4S. The number of nitrogens with one attached hydrogen (secondary N) is 1. The smallest absolute Gasteiger partial charge is 0.306 e. The fraction of sp³-hybridized carbons (Fsp3) is 0.917. The fourth-order valence-electron chi connectivity index (χ4n) is 2.17. The number of esters is 1. The molecule has 0 aromatic carbocycles. The Morgan fingerprint density at radius 2 is 2.20 bits per heavy atom. The first-order chi connectivity index (χ1) is 9.39. The van der Waals surface area contributed by atoms with E-state index in [1.165, 1.54) is 14.2 Å². The van der Waals surface area contributed by atoms with Crippen molar-refractivity contribution in [3.05, 3.63) is 0 Å². The summed E-state index contributed by atoms with van der Waals surface area (Å²) in [7, 11) is -0.776. The van der Waals surface area contributed by atoms with Crippen LogP contribution in [0.2, 0.25) is 0 Å². The lowest BCUT2D eigenvalue weighted by atomic mass is 10.1. The van der Waals surface area contributed by atoms with Crippen LogP contribution >= 0.6 is 0 Å². The topological polar surface area (TPSA) is 79.0 Å². The van der Waals surface area contributed by atoms with Gasteiger partial charge in [-0.2, -0.15) is 12.7 Å². The lowest BCUT2D eigenvalue weighted by molar-refractivity contribution is -0.140. The third kappa shape index (κ3) is 5.35.